The lowest BCUT2D eigenvalue weighted by Gasteiger charge is -2.31. The molecule has 0 bridgehead atoms. The molecule has 0 unspecified atom stereocenters. The predicted molar refractivity (Wildman–Crippen MR) is 114 cm³/mol. The Labute approximate surface area is 178 Å². The molecule has 0 spiro atoms. The highest BCUT2D eigenvalue weighted by Gasteiger charge is 2.27. The third-order valence-corrected chi connectivity index (χ3v) is 7.47. The molecule has 0 atom stereocenters. The highest BCUT2D eigenvalue weighted by molar-refractivity contribution is 7.89. The van der Waals surface area contributed by atoms with Crippen LogP contribution in [0.2, 0.25) is 0 Å². The van der Waals surface area contributed by atoms with Crippen molar-refractivity contribution in [1.82, 2.24) is 29.3 Å². The first-order valence-electron chi connectivity index (χ1n) is 10.3. The molecule has 1 N–H and O–H groups in total. The van der Waals surface area contributed by atoms with E-state index in [0.717, 1.165) is 0 Å². The van der Waals surface area contributed by atoms with E-state index < -0.39 is 16.4 Å². The Balaban J connectivity index is 1.66. The zero-order valence-corrected chi connectivity index (χ0v) is 18.4. The van der Waals surface area contributed by atoms with E-state index in [1.807, 2.05) is 13.8 Å². The summed E-state index contributed by atoms with van der Waals surface area (Å²) in [6, 6.07) is 1.29. The van der Waals surface area contributed by atoms with Gasteiger partial charge in [0.1, 0.15) is 16.6 Å². The first kappa shape index (κ1) is 21.8. The molecule has 1 aromatic carbocycles. The Morgan fingerprint density at radius 1 is 1.23 bits per heavy atom. The largest absolute Gasteiger partial charge is 0.351 e. The average molecular weight is 454 g/mol. The highest BCUT2D eigenvalue weighted by Crippen LogP contribution is 2.33. The van der Waals surface area contributed by atoms with Gasteiger partial charge in [-0.2, -0.15) is 0 Å². The van der Waals surface area contributed by atoms with Crippen molar-refractivity contribution in [3.63, 3.8) is 0 Å². The molecule has 1 saturated heterocycles. The number of aromatic nitrogens is 5. The highest BCUT2D eigenvalue weighted by atomic mass is 32.2. The van der Waals surface area contributed by atoms with Crippen LogP contribution in [0.25, 0.3) is 21.9 Å². The van der Waals surface area contributed by atoms with Gasteiger partial charge in [-0.25, -0.2) is 36.2 Å². The van der Waals surface area contributed by atoms with Crippen LogP contribution in [0, 0.1) is 0 Å². The quantitative estimate of drug-likeness (QED) is 0.611. The van der Waals surface area contributed by atoms with Gasteiger partial charge in [0, 0.05) is 42.3 Å². The molecular weight excluding hydrogens is 428 g/mol. The lowest BCUT2D eigenvalue weighted by atomic mass is 10.1. The molecule has 0 aliphatic carbocycles. The van der Waals surface area contributed by atoms with Crippen LogP contribution >= 0.6 is 0 Å². The number of sulfonamides is 1. The summed E-state index contributed by atoms with van der Waals surface area (Å²) in [5, 5.41) is 11.8. The summed E-state index contributed by atoms with van der Waals surface area (Å²) in [5.41, 5.74) is 0.904. The number of fused-ring (bicyclic) bond motifs is 3. The summed E-state index contributed by atoms with van der Waals surface area (Å²) < 4.78 is 54.4. The molecule has 12 heteroatoms. The number of piperidine rings is 1. The molecule has 0 amide bonds. The molecule has 0 radical (unpaired) electrons. The first-order chi connectivity index (χ1) is 14.7. The van der Waals surface area contributed by atoms with Crippen molar-refractivity contribution in [2.24, 2.45) is 0 Å². The van der Waals surface area contributed by atoms with Gasteiger partial charge < -0.3 is 5.32 Å². The molecule has 3 heterocycles. The maximum Gasteiger partial charge on any atom is 0.266 e. The van der Waals surface area contributed by atoms with E-state index in [0.29, 0.717) is 48.3 Å². The molecule has 1 aliphatic rings. The van der Waals surface area contributed by atoms with E-state index >= 15 is 0 Å². The van der Waals surface area contributed by atoms with Gasteiger partial charge in [-0.1, -0.05) is 5.21 Å². The molecule has 1 fully saturated rings. The van der Waals surface area contributed by atoms with Gasteiger partial charge in [0.25, 0.3) is 6.43 Å². The fourth-order valence-corrected chi connectivity index (χ4v) is 5.00. The molecule has 3 aromatic rings. The Hall–Kier alpha value is -2.47. The van der Waals surface area contributed by atoms with E-state index in [1.165, 1.54) is 16.6 Å². The second-order valence-electron chi connectivity index (χ2n) is 7.94. The minimum Gasteiger partial charge on any atom is -0.351 e. The van der Waals surface area contributed by atoms with Gasteiger partial charge in [0.05, 0.1) is 5.75 Å². The second kappa shape index (κ2) is 8.23. The van der Waals surface area contributed by atoms with Gasteiger partial charge in [-0.05, 0) is 39.7 Å². The van der Waals surface area contributed by atoms with Crippen molar-refractivity contribution in [2.75, 3.05) is 24.2 Å². The molecule has 168 valence electrons. The summed E-state index contributed by atoms with van der Waals surface area (Å²) in [6.45, 7) is 6.31. The van der Waals surface area contributed by atoms with E-state index in [2.05, 4.69) is 25.6 Å². The maximum atomic E-state index is 13.6. The minimum atomic E-state index is -3.19. The van der Waals surface area contributed by atoms with Crippen LogP contribution in [-0.4, -0.2) is 62.6 Å². The smallest absolute Gasteiger partial charge is 0.266 e. The SMILES string of the molecule is CCS(=O)(=O)N1CCC(Nc2ncc3cc(C(F)F)c4nnn(C(C)C)c4c3n2)CC1. The Bertz CT molecular complexity index is 1200. The molecule has 0 saturated carbocycles. The monoisotopic (exact) mass is 453 g/mol. The van der Waals surface area contributed by atoms with Crippen LogP contribution in [0.1, 0.15) is 51.6 Å². The topological polar surface area (TPSA) is 106 Å². The summed E-state index contributed by atoms with van der Waals surface area (Å²) in [6.07, 6.45) is 0.0914. The number of nitrogens with one attached hydrogen (secondary N) is 1. The molecular formula is C19H25F2N7O2S. The number of halogens is 2. The number of rotatable bonds is 6. The van der Waals surface area contributed by atoms with Gasteiger partial charge in [0.2, 0.25) is 16.0 Å². The van der Waals surface area contributed by atoms with Gasteiger partial charge in [-0.3, -0.25) is 0 Å². The fourth-order valence-electron chi connectivity index (χ4n) is 3.87. The van der Waals surface area contributed by atoms with Crippen molar-refractivity contribution in [3.8, 4) is 0 Å². The standard InChI is InChI=1S/C19H25F2N7O2S/c1-4-31(29,30)27-7-5-13(6-8-27)23-19-22-10-12-9-14(18(20)21)16-17(15(12)24-19)28(11(2)3)26-25-16/h9-11,13,18H,4-8H2,1-3H3,(H,22,23,24). The predicted octanol–water partition coefficient (Wildman–Crippen LogP) is 3.12. The molecule has 2 aromatic heterocycles. The molecule has 4 rings (SSSR count). The van der Waals surface area contributed by atoms with E-state index in [-0.39, 0.29) is 28.9 Å². The molecule has 31 heavy (non-hydrogen) atoms. The van der Waals surface area contributed by atoms with Crippen LogP contribution in [0.15, 0.2) is 12.3 Å². The summed E-state index contributed by atoms with van der Waals surface area (Å²) >= 11 is 0. The van der Waals surface area contributed by atoms with E-state index in [4.69, 9.17) is 0 Å². The number of benzene rings is 1. The maximum absolute atomic E-state index is 13.6. The van der Waals surface area contributed by atoms with Crippen molar-refractivity contribution in [2.45, 2.75) is 52.1 Å². The van der Waals surface area contributed by atoms with Gasteiger partial charge in [-0.15, -0.1) is 5.10 Å². The lowest BCUT2D eigenvalue weighted by Crippen LogP contribution is -2.43. The molecule has 1 aliphatic heterocycles. The van der Waals surface area contributed by atoms with Crippen molar-refractivity contribution >= 4 is 37.9 Å². The third-order valence-electron chi connectivity index (χ3n) is 5.59. The van der Waals surface area contributed by atoms with Crippen LogP contribution in [0.4, 0.5) is 14.7 Å². The third kappa shape index (κ3) is 4.05. The normalized spacial score (nSPS) is 16.7. The number of nitrogens with zero attached hydrogens (tertiary/aromatic N) is 6. The Kier molecular flexibility index (Phi) is 5.77. The van der Waals surface area contributed by atoms with E-state index in [9.17, 15) is 17.2 Å². The molecule has 9 nitrogen and oxygen atoms in total. The zero-order valence-electron chi connectivity index (χ0n) is 17.6. The first-order valence-corrected chi connectivity index (χ1v) is 11.9. The summed E-state index contributed by atoms with van der Waals surface area (Å²) in [5.74, 6) is 0.458. The van der Waals surface area contributed by atoms with Crippen LogP contribution in [0.3, 0.4) is 0 Å². The number of hydrogen-bond acceptors (Lipinski definition) is 7. The fraction of sp³-hybridized carbons (Fsp3) is 0.579. The Morgan fingerprint density at radius 2 is 1.94 bits per heavy atom. The summed E-state index contributed by atoms with van der Waals surface area (Å²) in [7, 11) is -3.19. The minimum absolute atomic E-state index is 0.0183. The van der Waals surface area contributed by atoms with Crippen molar-refractivity contribution in [3.05, 3.63) is 17.8 Å². The van der Waals surface area contributed by atoms with Gasteiger partial charge in [0.15, 0.2) is 0 Å². The Morgan fingerprint density at radius 3 is 2.55 bits per heavy atom. The number of alkyl halides is 2. The van der Waals surface area contributed by atoms with Crippen LogP contribution < -0.4 is 5.32 Å². The lowest BCUT2D eigenvalue weighted by molar-refractivity contribution is 0.153. The number of hydrogen-bond donors (Lipinski definition) is 1. The van der Waals surface area contributed by atoms with Crippen LogP contribution in [0.5, 0.6) is 0 Å². The zero-order chi connectivity index (χ0) is 22.3. The van der Waals surface area contributed by atoms with E-state index in [1.54, 1.807) is 11.6 Å². The second-order valence-corrected chi connectivity index (χ2v) is 10.2. The summed E-state index contributed by atoms with van der Waals surface area (Å²) in [4.78, 5) is 8.90. The average Bonchev–Trinajstić information content (AvgIpc) is 3.19. The van der Waals surface area contributed by atoms with Crippen molar-refractivity contribution in [1.29, 1.82) is 0 Å². The van der Waals surface area contributed by atoms with Crippen molar-refractivity contribution < 1.29 is 17.2 Å². The van der Waals surface area contributed by atoms with Crippen LogP contribution in [-0.2, 0) is 10.0 Å². The number of anilines is 1. The van der Waals surface area contributed by atoms with Gasteiger partial charge >= 0.3 is 0 Å².